The first kappa shape index (κ1) is 16.3. The zero-order valence-electron chi connectivity index (χ0n) is 14.8. The summed E-state index contributed by atoms with van der Waals surface area (Å²) in [5.74, 6) is 3.69. The summed E-state index contributed by atoms with van der Waals surface area (Å²) in [6.07, 6.45) is 4.43. The lowest BCUT2D eigenvalue weighted by Crippen LogP contribution is -2.49. The van der Waals surface area contributed by atoms with E-state index in [1.807, 2.05) is 49.5 Å². The maximum Gasteiger partial charge on any atom is 0.132 e. The fourth-order valence-corrected chi connectivity index (χ4v) is 4.13. The van der Waals surface area contributed by atoms with Gasteiger partial charge in [-0.1, -0.05) is 18.2 Å². The van der Waals surface area contributed by atoms with Gasteiger partial charge >= 0.3 is 0 Å². The van der Waals surface area contributed by atoms with Gasteiger partial charge in [-0.2, -0.15) is 0 Å². The molecule has 5 heteroatoms. The number of aryl methyl sites for hydroxylation is 1. The summed E-state index contributed by atoms with van der Waals surface area (Å²) in [6, 6.07) is 12.7. The minimum Gasteiger partial charge on any atom is -0.492 e. The van der Waals surface area contributed by atoms with Crippen LogP contribution in [0.4, 0.5) is 5.82 Å². The van der Waals surface area contributed by atoms with Crippen LogP contribution in [0.1, 0.15) is 18.7 Å². The maximum absolute atomic E-state index is 5.90. The van der Waals surface area contributed by atoms with Gasteiger partial charge in [0, 0.05) is 31.9 Å². The zero-order chi connectivity index (χ0) is 17.1. The minimum absolute atomic E-state index is 0.614. The Hall–Kier alpha value is -2.14. The molecule has 25 heavy (non-hydrogen) atoms. The zero-order valence-corrected chi connectivity index (χ0v) is 14.8. The number of hydrogen-bond donors (Lipinski definition) is 0. The quantitative estimate of drug-likeness (QED) is 0.838. The highest BCUT2D eigenvalue weighted by atomic mass is 16.5. The number of likely N-dealkylation sites (tertiary alicyclic amines) is 1. The summed E-state index contributed by atoms with van der Waals surface area (Å²) >= 11 is 0. The van der Waals surface area contributed by atoms with Crippen molar-refractivity contribution >= 4 is 5.82 Å². The highest BCUT2D eigenvalue weighted by Crippen LogP contribution is 2.32. The van der Waals surface area contributed by atoms with Gasteiger partial charge in [-0.25, -0.2) is 9.97 Å². The number of nitrogens with zero attached hydrogens (tertiary/aromatic N) is 4. The molecule has 0 aliphatic carbocycles. The van der Waals surface area contributed by atoms with Gasteiger partial charge in [-0.3, -0.25) is 4.90 Å². The van der Waals surface area contributed by atoms with Gasteiger partial charge in [-0.15, -0.1) is 0 Å². The van der Waals surface area contributed by atoms with Crippen molar-refractivity contribution in [3.05, 3.63) is 48.4 Å². The van der Waals surface area contributed by atoms with Crippen LogP contribution < -0.4 is 9.64 Å². The number of piperidine rings is 1. The monoisotopic (exact) mass is 338 g/mol. The molecule has 4 rings (SSSR count). The average molecular weight is 338 g/mol. The van der Waals surface area contributed by atoms with Gasteiger partial charge in [0.05, 0.1) is 0 Å². The Bertz CT molecular complexity index is 693. The second-order valence-corrected chi connectivity index (χ2v) is 7.01. The average Bonchev–Trinajstić information content (AvgIpc) is 3.05. The van der Waals surface area contributed by atoms with Crippen LogP contribution in [-0.2, 0) is 0 Å². The van der Waals surface area contributed by atoms with Gasteiger partial charge < -0.3 is 9.64 Å². The van der Waals surface area contributed by atoms with Crippen LogP contribution in [-0.4, -0.2) is 53.7 Å². The molecule has 2 saturated heterocycles. The lowest BCUT2D eigenvalue weighted by atomic mass is 9.92. The highest BCUT2D eigenvalue weighted by molar-refractivity contribution is 5.38. The summed E-state index contributed by atoms with van der Waals surface area (Å²) in [4.78, 5) is 13.9. The van der Waals surface area contributed by atoms with Crippen molar-refractivity contribution < 1.29 is 4.74 Å². The molecular formula is C20H26N4O. The number of fused-ring (bicyclic) bond motifs is 1. The molecule has 2 aliphatic heterocycles. The molecule has 0 N–H and O–H groups in total. The number of para-hydroxylation sites is 1. The van der Waals surface area contributed by atoms with Crippen LogP contribution >= 0.6 is 0 Å². The Morgan fingerprint density at radius 2 is 1.96 bits per heavy atom. The second-order valence-electron chi connectivity index (χ2n) is 7.01. The Morgan fingerprint density at radius 1 is 1.12 bits per heavy atom. The molecule has 0 saturated carbocycles. The van der Waals surface area contributed by atoms with Crippen molar-refractivity contribution in [2.24, 2.45) is 5.92 Å². The number of rotatable bonds is 5. The highest BCUT2D eigenvalue weighted by Gasteiger charge is 2.38. The topological polar surface area (TPSA) is 41.5 Å². The minimum atomic E-state index is 0.614. The summed E-state index contributed by atoms with van der Waals surface area (Å²) < 4.78 is 5.90. The van der Waals surface area contributed by atoms with Gasteiger partial charge in [-0.05, 0) is 50.4 Å². The van der Waals surface area contributed by atoms with Crippen molar-refractivity contribution in [1.29, 1.82) is 0 Å². The molecule has 5 nitrogen and oxygen atoms in total. The van der Waals surface area contributed by atoms with Crippen LogP contribution in [0.5, 0.6) is 5.75 Å². The van der Waals surface area contributed by atoms with Crippen molar-refractivity contribution in [3.63, 3.8) is 0 Å². The number of hydrogen-bond acceptors (Lipinski definition) is 5. The maximum atomic E-state index is 5.90. The SMILES string of the molecule is Cc1nccc(N2CCC3CCN(CCOc4ccccc4)C3C2)n1. The smallest absolute Gasteiger partial charge is 0.132 e. The van der Waals surface area contributed by atoms with Gasteiger partial charge in [0.15, 0.2) is 0 Å². The van der Waals surface area contributed by atoms with Crippen molar-refractivity contribution in [2.75, 3.05) is 37.7 Å². The number of anilines is 1. The molecule has 2 fully saturated rings. The third-order valence-electron chi connectivity index (χ3n) is 5.45. The van der Waals surface area contributed by atoms with Crippen LogP contribution in [0.25, 0.3) is 0 Å². The normalized spacial score (nSPS) is 23.5. The summed E-state index contributed by atoms with van der Waals surface area (Å²) in [7, 11) is 0. The van der Waals surface area contributed by atoms with E-state index < -0.39 is 0 Å². The fraction of sp³-hybridized carbons (Fsp3) is 0.500. The Labute approximate surface area is 149 Å². The van der Waals surface area contributed by atoms with E-state index in [1.54, 1.807) is 0 Å². The number of aromatic nitrogens is 2. The number of ether oxygens (including phenoxy) is 1. The van der Waals surface area contributed by atoms with E-state index in [1.165, 1.54) is 19.4 Å². The molecule has 2 aromatic rings. The van der Waals surface area contributed by atoms with E-state index in [0.717, 1.165) is 49.6 Å². The third-order valence-corrected chi connectivity index (χ3v) is 5.45. The fourth-order valence-electron chi connectivity index (χ4n) is 4.13. The van der Waals surface area contributed by atoms with E-state index in [4.69, 9.17) is 4.74 Å². The molecule has 132 valence electrons. The van der Waals surface area contributed by atoms with Crippen LogP contribution in [0.2, 0.25) is 0 Å². The molecule has 0 spiro atoms. The summed E-state index contributed by atoms with van der Waals surface area (Å²) in [5, 5.41) is 0. The van der Waals surface area contributed by atoms with E-state index in [0.29, 0.717) is 6.04 Å². The van der Waals surface area contributed by atoms with Crippen LogP contribution in [0.15, 0.2) is 42.6 Å². The Kier molecular flexibility index (Phi) is 4.83. The predicted molar refractivity (Wildman–Crippen MR) is 99.0 cm³/mol. The molecule has 1 aromatic heterocycles. The Balaban J connectivity index is 1.35. The first-order valence-electron chi connectivity index (χ1n) is 9.26. The predicted octanol–water partition coefficient (Wildman–Crippen LogP) is 2.76. The largest absolute Gasteiger partial charge is 0.492 e. The first-order valence-corrected chi connectivity index (χ1v) is 9.26. The van der Waals surface area contributed by atoms with Crippen molar-refractivity contribution in [3.8, 4) is 5.75 Å². The van der Waals surface area contributed by atoms with E-state index >= 15 is 0 Å². The van der Waals surface area contributed by atoms with Gasteiger partial charge in [0.25, 0.3) is 0 Å². The molecule has 0 amide bonds. The Morgan fingerprint density at radius 3 is 2.80 bits per heavy atom. The number of benzene rings is 1. The standard InChI is InChI=1S/C20H26N4O/c1-16-21-10-7-20(22-16)24-12-9-17-8-11-23(19(17)15-24)13-14-25-18-5-3-2-4-6-18/h2-7,10,17,19H,8-9,11-15H2,1H3. The molecular weight excluding hydrogens is 312 g/mol. The van der Waals surface area contributed by atoms with E-state index in [2.05, 4.69) is 19.8 Å². The van der Waals surface area contributed by atoms with Crippen molar-refractivity contribution in [2.45, 2.75) is 25.8 Å². The molecule has 0 bridgehead atoms. The molecule has 0 radical (unpaired) electrons. The second kappa shape index (κ2) is 7.40. The summed E-state index contributed by atoms with van der Waals surface area (Å²) in [5.41, 5.74) is 0. The summed E-state index contributed by atoms with van der Waals surface area (Å²) in [6.45, 7) is 7.05. The van der Waals surface area contributed by atoms with Crippen molar-refractivity contribution in [1.82, 2.24) is 14.9 Å². The lowest BCUT2D eigenvalue weighted by Gasteiger charge is -2.39. The van der Waals surface area contributed by atoms with Gasteiger partial charge in [0.1, 0.15) is 24.0 Å². The van der Waals surface area contributed by atoms with Crippen LogP contribution in [0.3, 0.4) is 0 Å². The molecule has 3 heterocycles. The third kappa shape index (κ3) is 3.76. The molecule has 2 aliphatic rings. The van der Waals surface area contributed by atoms with E-state index in [-0.39, 0.29) is 0 Å². The molecule has 1 aromatic carbocycles. The first-order chi connectivity index (χ1) is 12.3. The van der Waals surface area contributed by atoms with E-state index in [9.17, 15) is 0 Å². The lowest BCUT2D eigenvalue weighted by molar-refractivity contribution is 0.171. The van der Waals surface area contributed by atoms with Gasteiger partial charge in [0.2, 0.25) is 0 Å². The van der Waals surface area contributed by atoms with Crippen LogP contribution in [0, 0.1) is 12.8 Å². The molecule has 2 unspecified atom stereocenters. The molecule has 2 atom stereocenters.